The van der Waals surface area contributed by atoms with Gasteiger partial charge in [-0.05, 0) is 40.2 Å². The first-order chi connectivity index (χ1) is 11.8. The zero-order chi connectivity index (χ0) is 18.6. The van der Waals surface area contributed by atoms with Crippen LogP contribution in [0.2, 0.25) is 0 Å². The fourth-order valence-corrected chi connectivity index (χ4v) is 3.22. The van der Waals surface area contributed by atoms with Crippen LogP contribution in [-0.2, 0) is 16.1 Å². The number of amides is 1. The van der Waals surface area contributed by atoms with Gasteiger partial charge in [-0.3, -0.25) is 14.4 Å². The summed E-state index contributed by atoms with van der Waals surface area (Å²) in [5.74, 6) is 0.191. The standard InChI is InChI=1S/C19H34N4O2/c1-14(2)25-12-11-21-7-9-22(10-8-21)19(24)15(3)13-23-18(6)16(4)17(5)20-23/h14-15H,7-13H2,1-6H3/t15-/m0/s1. The third-order valence-electron chi connectivity index (χ3n) is 5.15. The van der Waals surface area contributed by atoms with Crippen LogP contribution < -0.4 is 0 Å². The van der Waals surface area contributed by atoms with Crippen molar-refractivity contribution in [2.75, 3.05) is 39.3 Å². The second-order valence-corrected chi connectivity index (χ2v) is 7.47. The van der Waals surface area contributed by atoms with E-state index in [1.165, 1.54) is 5.56 Å². The minimum Gasteiger partial charge on any atom is -0.377 e. The van der Waals surface area contributed by atoms with Crippen molar-refractivity contribution in [3.63, 3.8) is 0 Å². The highest BCUT2D eigenvalue weighted by Crippen LogP contribution is 2.15. The summed E-state index contributed by atoms with van der Waals surface area (Å²) in [7, 11) is 0. The maximum atomic E-state index is 12.8. The number of rotatable bonds is 7. The van der Waals surface area contributed by atoms with Gasteiger partial charge in [0.1, 0.15) is 0 Å². The van der Waals surface area contributed by atoms with Gasteiger partial charge in [0.25, 0.3) is 0 Å². The largest absolute Gasteiger partial charge is 0.377 e. The molecule has 1 aromatic heterocycles. The number of ether oxygens (including phenoxy) is 1. The number of hydrogen-bond acceptors (Lipinski definition) is 4. The molecule has 142 valence electrons. The number of hydrogen-bond donors (Lipinski definition) is 0. The summed E-state index contributed by atoms with van der Waals surface area (Å²) in [4.78, 5) is 17.1. The van der Waals surface area contributed by atoms with Crippen molar-refractivity contribution in [2.24, 2.45) is 5.92 Å². The van der Waals surface area contributed by atoms with Crippen molar-refractivity contribution in [3.05, 3.63) is 17.0 Å². The van der Waals surface area contributed by atoms with Crippen LogP contribution in [0.1, 0.15) is 37.7 Å². The van der Waals surface area contributed by atoms with Gasteiger partial charge in [0, 0.05) is 38.4 Å². The SMILES string of the molecule is Cc1nn(C[C@H](C)C(=O)N2CCN(CCOC(C)C)CC2)c(C)c1C. The van der Waals surface area contributed by atoms with E-state index in [-0.39, 0.29) is 17.9 Å². The first kappa shape index (κ1) is 19.9. The second kappa shape index (κ2) is 8.81. The average molecular weight is 351 g/mol. The third-order valence-corrected chi connectivity index (χ3v) is 5.15. The van der Waals surface area contributed by atoms with Gasteiger partial charge in [-0.25, -0.2) is 0 Å². The Kier molecular flexibility index (Phi) is 7.02. The molecule has 0 spiro atoms. The lowest BCUT2D eigenvalue weighted by Crippen LogP contribution is -2.51. The van der Waals surface area contributed by atoms with Gasteiger partial charge < -0.3 is 9.64 Å². The van der Waals surface area contributed by atoms with E-state index in [4.69, 9.17) is 4.74 Å². The number of piperazine rings is 1. The molecule has 0 bridgehead atoms. The summed E-state index contributed by atoms with van der Waals surface area (Å²) in [6.45, 7) is 18.1. The molecule has 0 aliphatic carbocycles. The summed E-state index contributed by atoms with van der Waals surface area (Å²) in [5.41, 5.74) is 3.43. The molecule has 0 saturated carbocycles. The number of aromatic nitrogens is 2. The molecule has 1 aliphatic rings. The molecule has 0 N–H and O–H groups in total. The zero-order valence-corrected chi connectivity index (χ0v) is 16.7. The molecule has 1 aliphatic heterocycles. The lowest BCUT2D eigenvalue weighted by Gasteiger charge is -2.36. The van der Waals surface area contributed by atoms with E-state index in [2.05, 4.69) is 37.7 Å². The fourth-order valence-electron chi connectivity index (χ4n) is 3.22. The number of carbonyl (C=O) groups is 1. The Hall–Kier alpha value is -1.40. The molecule has 6 nitrogen and oxygen atoms in total. The summed E-state index contributed by atoms with van der Waals surface area (Å²) in [6, 6.07) is 0. The Bertz CT molecular complexity index is 574. The predicted molar refractivity (Wildman–Crippen MR) is 99.7 cm³/mol. The molecule has 2 rings (SSSR count). The van der Waals surface area contributed by atoms with E-state index in [9.17, 15) is 4.79 Å². The molecule has 1 aromatic rings. The maximum absolute atomic E-state index is 12.8. The molecule has 1 amide bonds. The molecule has 2 heterocycles. The van der Waals surface area contributed by atoms with Gasteiger partial charge in [0.05, 0.1) is 30.9 Å². The Morgan fingerprint density at radius 1 is 1.12 bits per heavy atom. The highest BCUT2D eigenvalue weighted by atomic mass is 16.5. The lowest BCUT2D eigenvalue weighted by atomic mass is 10.1. The Balaban J connectivity index is 1.80. The molecular formula is C19H34N4O2. The van der Waals surface area contributed by atoms with Gasteiger partial charge in [0.2, 0.25) is 5.91 Å². The van der Waals surface area contributed by atoms with Crippen LogP contribution in [0, 0.1) is 26.7 Å². The van der Waals surface area contributed by atoms with Gasteiger partial charge in [0.15, 0.2) is 0 Å². The quantitative estimate of drug-likeness (QED) is 0.755. The first-order valence-corrected chi connectivity index (χ1v) is 9.43. The highest BCUT2D eigenvalue weighted by Gasteiger charge is 2.25. The summed E-state index contributed by atoms with van der Waals surface area (Å²) >= 11 is 0. The van der Waals surface area contributed by atoms with E-state index in [1.54, 1.807) is 0 Å². The molecule has 1 fully saturated rings. The van der Waals surface area contributed by atoms with E-state index >= 15 is 0 Å². The van der Waals surface area contributed by atoms with E-state index in [1.807, 2.05) is 23.4 Å². The second-order valence-electron chi connectivity index (χ2n) is 7.47. The van der Waals surface area contributed by atoms with Gasteiger partial charge in [-0.2, -0.15) is 5.10 Å². The minimum atomic E-state index is -0.0479. The zero-order valence-electron chi connectivity index (χ0n) is 16.7. The van der Waals surface area contributed by atoms with E-state index in [0.717, 1.165) is 50.7 Å². The Morgan fingerprint density at radius 2 is 1.76 bits per heavy atom. The van der Waals surface area contributed by atoms with Crippen molar-refractivity contribution < 1.29 is 9.53 Å². The molecule has 25 heavy (non-hydrogen) atoms. The fraction of sp³-hybridized carbons (Fsp3) is 0.789. The van der Waals surface area contributed by atoms with Crippen LogP contribution in [0.4, 0.5) is 0 Å². The third kappa shape index (κ3) is 5.28. The van der Waals surface area contributed by atoms with Crippen LogP contribution in [0.5, 0.6) is 0 Å². The van der Waals surface area contributed by atoms with Crippen molar-refractivity contribution in [1.29, 1.82) is 0 Å². The number of nitrogens with zero attached hydrogens (tertiary/aromatic N) is 4. The van der Waals surface area contributed by atoms with E-state index in [0.29, 0.717) is 6.54 Å². The molecule has 1 atom stereocenters. The van der Waals surface area contributed by atoms with Crippen LogP contribution in [0.15, 0.2) is 0 Å². The molecule has 6 heteroatoms. The van der Waals surface area contributed by atoms with Crippen LogP contribution >= 0.6 is 0 Å². The van der Waals surface area contributed by atoms with Crippen molar-refractivity contribution in [1.82, 2.24) is 19.6 Å². The minimum absolute atomic E-state index is 0.0479. The number of carbonyl (C=O) groups excluding carboxylic acids is 1. The smallest absolute Gasteiger partial charge is 0.227 e. The van der Waals surface area contributed by atoms with Gasteiger partial charge in [-0.15, -0.1) is 0 Å². The Morgan fingerprint density at radius 3 is 2.28 bits per heavy atom. The van der Waals surface area contributed by atoms with Gasteiger partial charge in [-0.1, -0.05) is 6.92 Å². The number of aryl methyl sites for hydroxylation is 1. The van der Waals surface area contributed by atoms with Crippen molar-refractivity contribution in [3.8, 4) is 0 Å². The summed E-state index contributed by atoms with van der Waals surface area (Å²) in [5, 5.41) is 4.56. The van der Waals surface area contributed by atoms with Gasteiger partial charge >= 0.3 is 0 Å². The molecular weight excluding hydrogens is 316 g/mol. The molecule has 1 saturated heterocycles. The van der Waals surface area contributed by atoms with Crippen LogP contribution in [-0.4, -0.2) is 70.9 Å². The molecule has 0 aromatic carbocycles. The predicted octanol–water partition coefficient (Wildman–Crippen LogP) is 2.01. The average Bonchev–Trinajstić information content (AvgIpc) is 2.81. The molecule has 0 unspecified atom stereocenters. The normalized spacial score (nSPS) is 17.3. The van der Waals surface area contributed by atoms with Crippen LogP contribution in [0.3, 0.4) is 0 Å². The first-order valence-electron chi connectivity index (χ1n) is 9.43. The van der Waals surface area contributed by atoms with Crippen molar-refractivity contribution >= 4 is 5.91 Å². The maximum Gasteiger partial charge on any atom is 0.227 e. The topological polar surface area (TPSA) is 50.6 Å². The van der Waals surface area contributed by atoms with E-state index < -0.39 is 0 Å². The summed E-state index contributed by atoms with van der Waals surface area (Å²) < 4.78 is 7.59. The summed E-state index contributed by atoms with van der Waals surface area (Å²) in [6.07, 6.45) is 0.279. The highest BCUT2D eigenvalue weighted by molar-refractivity contribution is 5.78. The monoisotopic (exact) mass is 350 g/mol. The molecule has 0 radical (unpaired) electrons. The lowest BCUT2D eigenvalue weighted by molar-refractivity contribution is -0.137. The van der Waals surface area contributed by atoms with Crippen molar-refractivity contribution in [2.45, 2.75) is 54.2 Å². The Labute approximate surface area is 152 Å². The van der Waals surface area contributed by atoms with Crippen LogP contribution in [0.25, 0.3) is 0 Å².